The molecule has 0 radical (unpaired) electrons. The van der Waals surface area contributed by atoms with E-state index in [0.717, 1.165) is 17.8 Å². The summed E-state index contributed by atoms with van der Waals surface area (Å²) in [6, 6.07) is 3.67. The fraction of sp³-hybridized carbons (Fsp3) is 0.200. The first-order valence-corrected chi connectivity index (χ1v) is 5.66. The molecule has 0 spiro atoms. The van der Waals surface area contributed by atoms with Crippen LogP contribution in [0.1, 0.15) is 11.1 Å². The topological polar surface area (TPSA) is 61.8 Å². The number of rotatable bonds is 3. The van der Waals surface area contributed by atoms with Crippen molar-refractivity contribution in [3.63, 3.8) is 0 Å². The molecule has 0 saturated carbocycles. The van der Waals surface area contributed by atoms with Gasteiger partial charge in [0, 0.05) is 4.90 Å². The Morgan fingerprint density at radius 3 is 2.67 bits per heavy atom. The van der Waals surface area contributed by atoms with Crippen LogP contribution in [0.3, 0.4) is 0 Å². The maximum atomic E-state index is 12.9. The molecule has 0 amide bonds. The molecular weight excluding hydrogens is 267 g/mol. The van der Waals surface area contributed by atoms with Crippen LogP contribution in [0.5, 0.6) is 0 Å². The van der Waals surface area contributed by atoms with Crippen molar-refractivity contribution >= 4 is 11.8 Å². The van der Waals surface area contributed by atoms with Crippen molar-refractivity contribution in [3.05, 3.63) is 35.7 Å². The van der Waals surface area contributed by atoms with Gasteiger partial charge in [0.1, 0.15) is 6.33 Å². The second kappa shape index (κ2) is 4.99. The minimum absolute atomic E-state index is 0.0106. The van der Waals surface area contributed by atoms with Gasteiger partial charge in [-0.1, -0.05) is 6.07 Å². The van der Waals surface area contributed by atoms with Gasteiger partial charge >= 0.3 is 6.18 Å². The summed E-state index contributed by atoms with van der Waals surface area (Å²) in [5.74, 6) is 0. The predicted octanol–water partition coefficient (Wildman–Crippen LogP) is 2.47. The number of hydrogen-bond acceptors (Lipinski definition) is 4. The van der Waals surface area contributed by atoms with Gasteiger partial charge in [-0.25, -0.2) is 4.98 Å². The fourth-order valence-corrected chi connectivity index (χ4v) is 2.16. The minimum Gasteiger partial charge on any atom is -0.392 e. The number of H-pyrrole nitrogens is 1. The summed E-state index contributed by atoms with van der Waals surface area (Å²) < 4.78 is 38.6. The molecule has 0 aliphatic rings. The van der Waals surface area contributed by atoms with Crippen molar-refractivity contribution in [2.75, 3.05) is 0 Å². The van der Waals surface area contributed by atoms with E-state index in [1.165, 1.54) is 18.5 Å². The Hall–Kier alpha value is -1.54. The summed E-state index contributed by atoms with van der Waals surface area (Å²) in [7, 11) is 0. The smallest absolute Gasteiger partial charge is 0.392 e. The van der Waals surface area contributed by atoms with Crippen LogP contribution in [0, 0.1) is 0 Å². The van der Waals surface area contributed by atoms with Crippen molar-refractivity contribution in [2.24, 2.45) is 0 Å². The highest BCUT2D eigenvalue weighted by molar-refractivity contribution is 7.99. The van der Waals surface area contributed by atoms with Crippen molar-refractivity contribution < 1.29 is 18.3 Å². The normalized spacial score (nSPS) is 11.8. The maximum Gasteiger partial charge on any atom is 0.417 e. The zero-order valence-electron chi connectivity index (χ0n) is 8.90. The van der Waals surface area contributed by atoms with E-state index in [1.54, 1.807) is 0 Å². The molecule has 4 nitrogen and oxygen atoms in total. The number of aliphatic hydroxyl groups excluding tert-OH is 1. The Kier molecular flexibility index (Phi) is 3.58. The number of alkyl halides is 3. The van der Waals surface area contributed by atoms with Gasteiger partial charge in [-0.2, -0.15) is 18.3 Å². The molecule has 1 aromatic heterocycles. The van der Waals surface area contributed by atoms with Gasteiger partial charge < -0.3 is 5.11 Å². The first kappa shape index (κ1) is 12.9. The van der Waals surface area contributed by atoms with Gasteiger partial charge in [-0.3, -0.25) is 5.10 Å². The molecule has 1 aromatic carbocycles. The van der Waals surface area contributed by atoms with Crippen LogP contribution in [0.2, 0.25) is 0 Å². The quantitative estimate of drug-likeness (QED) is 0.903. The number of aromatic amines is 1. The first-order chi connectivity index (χ1) is 8.50. The Bertz CT molecular complexity index is 528. The number of aromatic nitrogens is 3. The van der Waals surface area contributed by atoms with Crippen LogP contribution in [0.4, 0.5) is 13.2 Å². The van der Waals surface area contributed by atoms with Gasteiger partial charge in [0.15, 0.2) is 5.16 Å². The molecule has 0 atom stereocenters. The highest BCUT2D eigenvalue weighted by atomic mass is 32.2. The molecule has 0 fully saturated rings. The third kappa shape index (κ3) is 2.82. The third-order valence-electron chi connectivity index (χ3n) is 2.13. The average Bonchev–Trinajstić information content (AvgIpc) is 2.81. The molecule has 0 unspecified atom stereocenters. The average molecular weight is 275 g/mol. The molecule has 18 heavy (non-hydrogen) atoms. The lowest BCUT2D eigenvalue weighted by molar-refractivity contribution is -0.139. The number of benzene rings is 1. The van der Waals surface area contributed by atoms with E-state index in [4.69, 9.17) is 5.11 Å². The Morgan fingerprint density at radius 2 is 2.11 bits per heavy atom. The summed E-state index contributed by atoms with van der Waals surface area (Å²) in [4.78, 5) is 3.77. The maximum absolute atomic E-state index is 12.9. The summed E-state index contributed by atoms with van der Waals surface area (Å²) >= 11 is 0.836. The van der Waals surface area contributed by atoms with E-state index in [-0.39, 0.29) is 15.6 Å². The Balaban J connectivity index is 2.40. The van der Waals surface area contributed by atoms with Gasteiger partial charge in [-0.05, 0) is 29.5 Å². The monoisotopic (exact) mass is 275 g/mol. The van der Waals surface area contributed by atoms with Crippen LogP contribution in [0.15, 0.2) is 34.6 Å². The Morgan fingerprint density at radius 1 is 1.33 bits per heavy atom. The van der Waals surface area contributed by atoms with Gasteiger partial charge in [0.05, 0.1) is 12.2 Å². The van der Waals surface area contributed by atoms with E-state index in [2.05, 4.69) is 15.2 Å². The number of nitrogens with one attached hydrogen (secondary N) is 1. The molecule has 2 aromatic rings. The molecular formula is C10H8F3N3OS. The van der Waals surface area contributed by atoms with Gasteiger partial charge in [-0.15, -0.1) is 0 Å². The molecule has 96 valence electrons. The zero-order chi connectivity index (χ0) is 13.2. The van der Waals surface area contributed by atoms with Crippen LogP contribution >= 0.6 is 11.8 Å². The minimum atomic E-state index is -4.48. The fourth-order valence-electron chi connectivity index (χ4n) is 1.33. The van der Waals surface area contributed by atoms with Crippen molar-refractivity contribution in [1.82, 2.24) is 15.2 Å². The molecule has 8 heteroatoms. The van der Waals surface area contributed by atoms with Crippen molar-refractivity contribution in [2.45, 2.75) is 22.8 Å². The van der Waals surface area contributed by atoms with Gasteiger partial charge in [0.2, 0.25) is 0 Å². The molecule has 1 heterocycles. The molecule has 0 bridgehead atoms. The second-order valence-electron chi connectivity index (χ2n) is 3.38. The molecule has 0 saturated heterocycles. The molecule has 0 aliphatic heterocycles. The van der Waals surface area contributed by atoms with E-state index >= 15 is 0 Å². The zero-order valence-corrected chi connectivity index (χ0v) is 9.72. The summed E-state index contributed by atoms with van der Waals surface area (Å²) in [5, 5.41) is 15.2. The lowest BCUT2D eigenvalue weighted by Crippen LogP contribution is -2.07. The Labute approximate surface area is 104 Å². The summed E-state index contributed by atoms with van der Waals surface area (Å²) in [6.45, 7) is -0.434. The largest absolute Gasteiger partial charge is 0.417 e. The van der Waals surface area contributed by atoms with E-state index in [1.807, 2.05) is 0 Å². The first-order valence-electron chi connectivity index (χ1n) is 4.85. The summed E-state index contributed by atoms with van der Waals surface area (Å²) in [6.07, 6.45) is -3.26. The molecule has 2 rings (SSSR count). The van der Waals surface area contributed by atoms with E-state index < -0.39 is 18.3 Å². The number of hydrogen-bond donors (Lipinski definition) is 2. The van der Waals surface area contributed by atoms with Crippen molar-refractivity contribution in [1.29, 1.82) is 0 Å². The number of aliphatic hydroxyl groups is 1. The standard InChI is InChI=1S/C10H8F3N3OS/c11-10(12,13)7-3-6(4-17)1-2-8(7)18-9-14-5-15-16-9/h1-3,5,17H,4H2,(H,14,15,16). The lowest BCUT2D eigenvalue weighted by Gasteiger charge is -2.12. The third-order valence-corrected chi connectivity index (χ3v) is 3.10. The van der Waals surface area contributed by atoms with E-state index in [9.17, 15) is 13.2 Å². The van der Waals surface area contributed by atoms with Gasteiger partial charge in [0.25, 0.3) is 0 Å². The van der Waals surface area contributed by atoms with Crippen LogP contribution in [-0.4, -0.2) is 20.3 Å². The highest BCUT2D eigenvalue weighted by Gasteiger charge is 2.34. The highest BCUT2D eigenvalue weighted by Crippen LogP contribution is 2.38. The number of halogens is 3. The second-order valence-corrected chi connectivity index (χ2v) is 4.41. The number of nitrogens with zero attached hydrogens (tertiary/aromatic N) is 2. The summed E-state index contributed by atoms with van der Waals surface area (Å²) in [5.41, 5.74) is -0.584. The van der Waals surface area contributed by atoms with Crippen LogP contribution < -0.4 is 0 Å². The van der Waals surface area contributed by atoms with Crippen LogP contribution in [-0.2, 0) is 12.8 Å². The molecule has 0 aliphatic carbocycles. The van der Waals surface area contributed by atoms with Crippen molar-refractivity contribution in [3.8, 4) is 0 Å². The van der Waals surface area contributed by atoms with Crippen LogP contribution in [0.25, 0.3) is 0 Å². The van der Waals surface area contributed by atoms with E-state index in [0.29, 0.717) is 0 Å². The SMILES string of the molecule is OCc1ccc(Sc2ncn[nH]2)c(C(F)(F)F)c1. The molecule has 2 N–H and O–H groups in total. The lowest BCUT2D eigenvalue weighted by atomic mass is 10.1. The predicted molar refractivity (Wildman–Crippen MR) is 57.9 cm³/mol.